The standard InChI is InChI=1S/C86H86N5O2.Pt/c1-81(2,3)51-53-39-40-88-75(41-53)91-73-38-37-64-63-29-25-32-70(87-19)79(63)93-80(64)77(73)65-36-35-61(50-74(65)91)92-62-45-56(76-68(85(13,14)15)30-26-31-69(76)86(16,17)18)44-60(49-62)89-52-90(72-34-24-23-33-71(72)89)78-66(54-27-21-20-22-28-54)47-59(84(10,11)12)48-67(78)55-42-57(82(4,5)6)46-58(43-55)83(7,8)9;/h20-48,52H,51H2,1-18H3;/q-3;/i20D,21D,22D,27D,28D,51D2;. The first kappa shape index (κ1) is 56.8. The Labute approximate surface area is 581 Å². The zero-order chi connectivity index (χ0) is 72.2. The van der Waals surface area contributed by atoms with Crippen molar-refractivity contribution >= 4 is 72.2 Å². The van der Waals surface area contributed by atoms with E-state index in [9.17, 15) is 5.48 Å². The van der Waals surface area contributed by atoms with E-state index in [1.165, 1.54) is 0 Å². The molecule has 0 atom stereocenters. The Kier molecular flexibility index (Phi) is 14.3. The van der Waals surface area contributed by atoms with Crippen LogP contribution in [0.2, 0.25) is 0 Å². The van der Waals surface area contributed by atoms with Gasteiger partial charge in [-0.1, -0.05) is 232 Å². The number of aromatic nitrogens is 2. The fourth-order valence-corrected chi connectivity index (χ4v) is 13.0. The quantitative estimate of drug-likeness (QED) is 0.135. The van der Waals surface area contributed by atoms with Crippen molar-refractivity contribution in [1.29, 1.82) is 0 Å². The molecule has 0 amide bonds. The van der Waals surface area contributed by atoms with Crippen molar-refractivity contribution in [3.8, 4) is 50.7 Å². The summed E-state index contributed by atoms with van der Waals surface area (Å²) in [6, 6.07) is 52.6. The van der Waals surface area contributed by atoms with Gasteiger partial charge in [0.25, 0.3) is 0 Å². The smallest absolute Gasteiger partial charge is 0.229 e. The van der Waals surface area contributed by atoms with E-state index < -0.39 is 35.3 Å². The maximum atomic E-state index is 9.72. The second kappa shape index (κ2) is 23.6. The number of furan rings is 1. The van der Waals surface area contributed by atoms with Gasteiger partial charge in [0.1, 0.15) is 17.0 Å². The van der Waals surface area contributed by atoms with Crippen molar-refractivity contribution in [2.75, 3.05) is 9.80 Å². The van der Waals surface area contributed by atoms with Crippen LogP contribution in [0.25, 0.3) is 87.8 Å². The Hall–Kier alpha value is -8.69. The van der Waals surface area contributed by atoms with E-state index in [2.05, 4.69) is 197 Å². The Morgan fingerprint density at radius 1 is 0.564 bits per heavy atom. The third kappa shape index (κ3) is 12.2. The molecule has 0 spiro atoms. The number of anilines is 4. The minimum atomic E-state index is -1.75. The molecule has 0 unspecified atom stereocenters. The molecule has 0 saturated heterocycles. The first-order valence-corrected chi connectivity index (χ1v) is 32.2. The summed E-state index contributed by atoms with van der Waals surface area (Å²) >= 11 is 0. The minimum Gasteiger partial charge on any atom is -0.509 e. The molecule has 13 rings (SSSR count). The third-order valence-electron chi connectivity index (χ3n) is 17.7. The van der Waals surface area contributed by atoms with Crippen LogP contribution in [0.5, 0.6) is 11.5 Å². The van der Waals surface area contributed by atoms with E-state index >= 15 is 0 Å². The molecule has 1 aliphatic heterocycles. The zero-order valence-corrected chi connectivity index (χ0v) is 59.6. The fourth-order valence-electron chi connectivity index (χ4n) is 13.0. The van der Waals surface area contributed by atoms with Crippen LogP contribution in [0.3, 0.4) is 0 Å². The zero-order valence-electron chi connectivity index (χ0n) is 64.3. The van der Waals surface area contributed by atoms with Crippen LogP contribution in [0.4, 0.5) is 28.4 Å². The van der Waals surface area contributed by atoms with E-state index in [1.807, 2.05) is 92.7 Å². The number of pyridine rings is 1. The van der Waals surface area contributed by atoms with Crippen LogP contribution in [-0.2, 0) is 54.5 Å². The number of para-hydroxylation sites is 3. The van der Waals surface area contributed by atoms with E-state index in [1.54, 1.807) is 18.3 Å². The third-order valence-corrected chi connectivity index (χ3v) is 17.7. The summed E-state index contributed by atoms with van der Waals surface area (Å²) in [4.78, 5) is 13.0. The number of nitrogens with zero attached hydrogens (tertiary/aromatic N) is 5. The molecule has 3 aromatic heterocycles. The topological polar surface area (TPSA) is 51.0 Å². The molecule has 480 valence electrons. The van der Waals surface area contributed by atoms with Gasteiger partial charge in [0.2, 0.25) is 5.69 Å². The van der Waals surface area contributed by atoms with Crippen molar-refractivity contribution in [2.45, 2.75) is 158 Å². The van der Waals surface area contributed by atoms with Gasteiger partial charge >= 0.3 is 0 Å². The second-order valence-electron chi connectivity index (χ2n) is 31.2. The van der Waals surface area contributed by atoms with E-state index in [0.29, 0.717) is 62.2 Å². The average Bonchev–Trinajstić information content (AvgIpc) is 1.54. The summed E-state index contributed by atoms with van der Waals surface area (Å²) in [7, 11) is 0. The number of fused-ring (bicyclic) bond motifs is 8. The van der Waals surface area contributed by atoms with Crippen molar-refractivity contribution < 1.29 is 39.8 Å². The summed E-state index contributed by atoms with van der Waals surface area (Å²) in [5.74, 6) is 1.21. The number of ether oxygens (including phenoxy) is 1. The fraction of sp³-hybridized carbons (Fsp3) is 0.291. The first-order chi connectivity index (χ1) is 46.7. The van der Waals surface area contributed by atoms with Gasteiger partial charge in [-0.05, 0) is 143 Å². The van der Waals surface area contributed by atoms with Gasteiger partial charge in [0.05, 0.1) is 13.4 Å². The molecular weight excluding hydrogens is 1330 g/mol. The van der Waals surface area contributed by atoms with Crippen LogP contribution in [0, 0.1) is 30.8 Å². The Balaban J connectivity index is 0.00000965. The predicted octanol–water partition coefficient (Wildman–Crippen LogP) is 24.5. The molecule has 0 bridgehead atoms. The Bertz CT molecular complexity index is 5310. The van der Waals surface area contributed by atoms with Gasteiger partial charge in [-0.15, -0.1) is 48.3 Å². The summed E-state index contributed by atoms with van der Waals surface area (Å²) < 4.78 is 81.4. The summed E-state index contributed by atoms with van der Waals surface area (Å²) in [6.45, 7) is 48.9. The Morgan fingerprint density at radius 2 is 1.16 bits per heavy atom. The van der Waals surface area contributed by atoms with Gasteiger partial charge in [-0.2, -0.15) is 6.07 Å². The number of hydrogen-bond donors (Lipinski definition) is 0. The maximum absolute atomic E-state index is 9.72. The van der Waals surface area contributed by atoms with Gasteiger partial charge in [0, 0.05) is 86.0 Å². The molecule has 12 aromatic rings. The van der Waals surface area contributed by atoms with Crippen molar-refractivity contribution in [1.82, 2.24) is 9.55 Å². The molecule has 7 nitrogen and oxygen atoms in total. The second-order valence-corrected chi connectivity index (χ2v) is 31.2. The van der Waals surface area contributed by atoms with Crippen LogP contribution >= 0.6 is 0 Å². The SMILES string of the molecule is [2H]c1c([2H])c([2H])c(-c2cc(C(C)(C)C)cc(-c3cc(C(C)(C)C)cc(C(C)(C)C)c3)c2N2[CH-]N(c3[c-]c(Oc4[c-]c5c(cc4)c4c6oc7c([N+]#[C-])cccc7c6ccc4n5-c4cc(C([2H])([2H])C(C)(C)C)ccn4)cc(-c4c(C(C)(C)C)cccc4C(C)(C)C)c3)c3ccccc32)c([2H])c1[2H].[Pt]. The monoisotopic (exact) mass is 1420 g/mol. The number of hydrogen-bond acceptors (Lipinski definition) is 5. The van der Waals surface area contributed by atoms with Crippen LogP contribution in [-0.4, -0.2) is 9.55 Å². The van der Waals surface area contributed by atoms with E-state index in [0.717, 1.165) is 88.5 Å². The van der Waals surface area contributed by atoms with Crippen LogP contribution < -0.4 is 14.5 Å². The largest absolute Gasteiger partial charge is 0.509 e. The average molecular weight is 1420 g/mol. The first-order valence-electron chi connectivity index (χ1n) is 35.7. The predicted molar refractivity (Wildman–Crippen MR) is 391 cm³/mol. The summed E-state index contributed by atoms with van der Waals surface area (Å²) in [5.41, 5.74) is 13.4. The van der Waals surface area contributed by atoms with Gasteiger partial charge in [-0.3, -0.25) is 0 Å². The van der Waals surface area contributed by atoms with E-state index in [4.69, 9.17) is 24.8 Å². The minimum absolute atomic E-state index is 0. The molecule has 4 heterocycles. The van der Waals surface area contributed by atoms with Crippen LogP contribution in [0.1, 0.15) is 168 Å². The molecule has 9 aromatic carbocycles. The molecule has 0 fully saturated rings. The number of benzene rings is 9. The Morgan fingerprint density at radius 3 is 1.78 bits per heavy atom. The van der Waals surface area contributed by atoms with Crippen LogP contribution in [0.15, 0.2) is 180 Å². The van der Waals surface area contributed by atoms with Gasteiger partial charge in [-0.25, -0.2) is 9.83 Å². The van der Waals surface area contributed by atoms with Crippen molar-refractivity contribution in [2.24, 2.45) is 5.41 Å². The number of rotatable bonds is 9. The summed E-state index contributed by atoms with van der Waals surface area (Å²) in [5, 5.41) is 3.20. The molecule has 0 radical (unpaired) electrons. The van der Waals surface area contributed by atoms with Crippen molar-refractivity contribution in [3.05, 3.63) is 240 Å². The molecule has 0 N–H and O–H groups in total. The molecule has 8 heteroatoms. The molecule has 0 saturated carbocycles. The molecule has 1 aliphatic rings. The van der Waals surface area contributed by atoms with Crippen molar-refractivity contribution in [3.63, 3.8) is 0 Å². The van der Waals surface area contributed by atoms with Gasteiger partial charge < -0.3 is 23.5 Å². The van der Waals surface area contributed by atoms with E-state index in [-0.39, 0.29) is 60.4 Å². The molecule has 94 heavy (non-hydrogen) atoms. The normalized spacial score (nSPS) is 14.5. The van der Waals surface area contributed by atoms with Gasteiger partial charge in [0.15, 0.2) is 0 Å². The maximum Gasteiger partial charge on any atom is 0.229 e. The molecular formula is C86H86N5O2Pt-3. The molecule has 0 aliphatic carbocycles. The summed E-state index contributed by atoms with van der Waals surface area (Å²) in [6.07, 6.45) is -0.0948.